The fourth-order valence-corrected chi connectivity index (χ4v) is 1.38. The Bertz CT molecular complexity index is 201. The zero-order valence-corrected chi connectivity index (χ0v) is 8.49. The highest BCUT2D eigenvalue weighted by Gasteiger charge is 2.11. The smallest absolute Gasteiger partial charge is 0.116 e. The molecule has 0 spiro atoms. The minimum Gasteiger partial charge on any atom is -0.352 e. The van der Waals surface area contributed by atoms with E-state index in [1.54, 1.807) is 12.2 Å². The Morgan fingerprint density at radius 3 is 2.85 bits per heavy atom. The lowest BCUT2D eigenvalue weighted by Crippen LogP contribution is -2.25. The molecular weight excluding hydrogens is 164 g/mol. The molecule has 0 N–H and O–H groups in total. The van der Waals surface area contributed by atoms with Crippen molar-refractivity contribution in [1.29, 1.82) is 0 Å². The van der Waals surface area contributed by atoms with E-state index in [-0.39, 0.29) is 0 Å². The van der Waals surface area contributed by atoms with E-state index in [0.29, 0.717) is 0 Å². The van der Waals surface area contributed by atoms with Crippen LogP contribution in [0.25, 0.3) is 0 Å². The minimum absolute atomic E-state index is 0.805. The molecular formula is C10H18N2O. The Hall–Kier alpha value is -0.960. The number of nitrogens with zero attached hydrogens (tertiary/aromatic N) is 2. The molecule has 0 unspecified atom stereocenters. The first kappa shape index (κ1) is 10.1. The molecule has 0 atom stereocenters. The van der Waals surface area contributed by atoms with Gasteiger partial charge in [0.15, 0.2) is 0 Å². The van der Waals surface area contributed by atoms with Gasteiger partial charge in [-0.1, -0.05) is 25.5 Å². The first-order valence-electron chi connectivity index (χ1n) is 4.66. The molecule has 1 aliphatic heterocycles. The molecule has 0 saturated heterocycles. The molecule has 0 aromatic carbocycles. The largest absolute Gasteiger partial charge is 0.352 e. The molecule has 1 aliphatic rings. The maximum atomic E-state index is 5.06. The van der Waals surface area contributed by atoms with Crippen molar-refractivity contribution >= 4 is 0 Å². The van der Waals surface area contributed by atoms with E-state index in [1.165, 1.54) is 12.0 Å². The van der Waals surface area contributed by atoms with Crippen LogP contribution in [0.4, 0.5) is 0 Å². The highest BCUT2D eigenvalue weighted by atomic mass is 16.7. The van der Waals surface area contributed by atoms with Crippen molar-refractivity contribution in [1.82, 2.24) is 9.96 Å². The van der Waals surface area contributed by atoms with Crippen LogP contribution in [0.1, 0.15) is 19.8 Å². The maximum absolute atomic E-state index is 5.06. The van der Waals surface area contributed by atoms with Gasteiger partial charge in [0.2, 0.25) is 0 Å². The molecule has 0 aromatic heterocycles. The van der Waals surface area contributed by atoms with Gasteiger partial charge in [-0.15, -0.1) is 0 Å². The van der Waals surface area contributed by atoms with Gasteiger partial charge in [0.25, 0.3) is 0 Å². The fourth-order valence-electron chi connectivity index (χ4n) is 1.38. The van der Waals surface area contributed by atoms with Crippen LogP contribution in [0.15, 0.2) is 24.6 Å². The second kappa shape index (κ2) is 4.92. The van der Waals surface area contributed by atoms with Gasteiger partial charge in [-0.05, 0) is 6.42 Å². The molecule has 3 heteroatoms. The third kappa shape index (κ3) is 3.11. The highest BCUT2D eigenvalue weighted by Crippen LogP contribution is 2.10. The van der Waals surface area contributed by atoms with Gasteiger partial charge in [0.05, 0.1) is 7.11 Å². The first-order chi connectivity index (χ1) is 6.26. The summed E-state index contributed by atoms with van der Waals surface area (Å²) in [6.07, 6.45) is 6.24. The van der Waals surface area contributed by atoms with Gasteiger partial charge in [-0.25, -0.2) is 5.06 Å². The van der Waals surface area contributed by atoms with Crippen molar-refractivity contribution in [3.05, 3.63) is 24.6 Å². The molecule has 13 heavy (non-hydrogen) atoms. The topological polar surface area (TPSA) is 15.7 Å². The Labute approximate surface area is 80.2 Å². The molecule has 1 heterocycles. The summed E-state index contributed by atoms with van der Waals surface area (Å²) >= 11 is 0. The van der Waals surface area contributed by atoms with E-state index >= 15 is 0 Å². The van der Waals surface area contributed by atoms with Crippen molar-refractivity contribution in [3.63, 3.8) is 0 Å². The fraction of sp³-hybridized carbons (Fsp3) is 0.600. The van der Waals surface area contributed by atoms with E-state index in [4.69, 9.17) is 4.84 Å². The molecule has 0 aliphatic carbocycles. The van der Waals surface area contributed by atoms with Crippen molar-refractivity contribution < 1.29 is 4.84 Å². The standard InChI is InChI=1S/C10H18N2O/c1-4-5-10(2)8-11-6-7-12(9-11)13-3/h6-7H,2,4-5,8-9H2,1,3H3. The second-order valence-electron chi connectivity index (χ2n) is 3.29. The lowest BCUT2D eigenvalue weighted by molar-refractivity contribution is -0.0970. The third-order valence-electron chi connectivity index (χ3n) is 2.03. The van der Waals surface area contributed by atoms with Gasteiger partial charge in [-0.2, -0.15) is 0 Å². The van der Waals surface area contributed by atoms with Gasteiger partial charge in [0.1, 0.15) is 6.67 Å². The molecule has 3 nitrogen and oxygen atoms in total. The lowest BCUT2D eigenvalue weighted by Gasteiger charge is -2.19. The van der Waals surface area contributed by atoms with Crippen LogP contribution in [0.3, 0.4) is 0 Å². The zero-order valence-electron chi connectivity index (χ0n) is 8.49. The van der Waals surface area contributed by atoms with Crippen molar-refractivity contribution in [2.45, 2.75) is 19.8 Å². The van der Waals surface area contributed by atoms with Crippen LogP contribution in [0, 0.1) is 0 Å². The molecule has 74 valence electrons. The Balaban J connectivity index is 2.25. The summed E-state index contributed by atoms with van der Waals surface area (Å²) in [6.45, 7) is 7.94. The molecule has 0 bridgehead atoms. The molecule has 0 saturated carbocycles. The Morgan fingerprint density at radius 2 is 2.31 bits per heavy atom. The van der Waals surface area contributed by atoms with E-state index in [9.17, 15) is 0 Å². The van der Waals surface area contributed by atoms with Crippen molar-refractivity contribution in [2.75, 3.05) is 20.3 Å². The van der Waals surface area contributed by atoms with Gasteiger partial charge in [-0.3, -0.25) is 4.84 Å². The van der Waals surface area contributed by atoms with E-state index in [2.05, 4.69) is 18.4 Å². The molecule has 0 aromatic rings. The van der Waals surface area contributed by atoms with E-state index in [1.807, 2.05) is 12.4 Å². The summed E-state index contributed by atoms with van der Waals surface area (Å²) in [5, 5.41) is 1.79. The molecule has 0 radical (unpaired) electrons. The van der Waals surface area contributed by atoms with E-state index in [0.717, 1.165) is 19.6 Å². The SMILES string of the molecule is C=C(CCC)CN1C=CN(OC)C1. The quantitative estimate of drug-likeness (QED) is 0.604. The lowest BCUT2D eigenvalue weighted by atomic mass is 10.2. The third-order valence-corrected chi connectivity index (χ3v) is 2.03. The highest BCUT2D eigenvalue weighted by molar-refractivity contribution is 5.01. The predicted octanol–water partition coefficient (Wildman–Crippen LogP) is 1.95. The van der Waals surface area contributed by atoms with E-state index < -0.39 is 0 Å². The monoisotopic (exact) mass is 182 g/mol. The minimum atomic E-state index is 0.805. The first-order valence-corrected chi connectivity index (χ1v) is 4.66. The summed E-state index contributed by atoms with van der Waals surface area (Å²) in [6, 6.07) is 0. The van der Waals surface area contributed by atoms with Crippen LogP contribution in [0.5, 0.6) is 0 Å². The molecule has 0 amide bonds. The maximum Gasteiger partial charge on any atom is 0.116 e. The Kier molecular flexibility index (Phi) is 3.83. The zero-order chi connectivity index (χ0) is 9.68. The number of hydrogen-bond donors (Lipinski definition) is 0. The number of hydroxylamine groups is 2. The molecule has 1 rings (SSSR count). The average molecular weight is 182 g/mol. The van der Waals surface area contributed by atoms with Crippen molar-refractivity contribution in [2.24, 2.45) is 0 Å². The predicted molar refractivity (Wildman–Crippen MR) is 53.6 cm³/mol. The van der Waals surface area contributed by atoms with Crippen molar-refractivity contribution in [3.8, 4) is 0 Å². The van der Waals surface area contributed by atoms with Gasteiger partial charge >= 0.3 is 0 Å². The van der Waals surface area contributed by atoms with Gasteiger partial charge in [0, 0.05) is 18.9 Å². The van der Waals surface area contributed by atoms with Gasteiger partial charge < -0.3 is 4.90 Å². The number of hydrogen-bond acceptors (Lipinski definition) is 3. The van der Waals surface area contributed by atoms with Crippen LogP contribution in [-0.4, -0.2) is 30.3 Å². The van der Waals surface area contributed by atoms with Crippen LogP contribution >= 0.6 is 0 Å². The molecule has 0 fully saturated rings. The summed E-state index contributed by atoms with van der Waals surface area (Å²) < 4.78 is 0. The van der Waals surface area contributed by atoms with Crippen LogP contribution < -0.4 is 0 Å². The summed E-state index contributed by atoms with van der Waals surface area (Å²) in [4.78, 5) is 7.24. The average Bonchev–Trinajstić information content (AvgIpc) is 2.52. The normalized spacial score (nSPS) is 15.5. The van der Waals surface area contributed by atoms with Crippen LogP contribution in [0.2, 0.25) is 0 Å². The summed E-state index contributed by atoms with van der Waals surface area (Å²) in [5.74, 6) is 0. The number of rotatable bonds is 5. The summed E-state index contributed by atoms with van der Waals surface area (Å²) in [7, 11) is 1.68. The summed E-state index contributed by atoms with van der Waals surface area (Å²) in [5.41, 5.74) is 1.28. The Morgan fingerprint density at radius 1 is 1.54 bits per heavy atom. The van der Waals surface area contributed by atoms with Crippen LogP contribution in [-0.2, 0) is 4.84 Å². The second-order valence-corrected chi connectivity index (χ2v) is 3.29.